The molecule has 1 N–H and O–H groups in total. The lowest BCUT2D eigenvalue weighted by Crippen LogP contribution is -2.54. The Balaban J connectivity index is 1.39. The van der Waals surface area contributed by atoms with Crippen LogP contribution in [0.15, 0.2) is 24.3 Å². The van der Waals surface area contributed by atoms with Crippen LogP contribution in [0.4, 0.5) is 0 Å². The molecule has 0 spiro atoms. The summed E-state index contributed by atoms with van der Waals surface area (Å²) in [6.07, 6.45) is 5.12. The highest BCUT2D eigenvalue weighted by atomic mass is 16.5. The van der Waals surface area contributed by atoms with Crippen molar-refractivity contribution in [1.82, 2.24) is 4.90 Å². The minimum atomic E-state index is 0.0364. The van der Waals surface area contributed by atoms with Crippen molar-refractivity contribution in [2.24, 2.45) is 11.3 Å². The van der Waals surface area contributed by atoms with E-state index in [1.165, 1.54) is 49.9 Å². The van der Waals surface area contributed by atoms with Gasteiger partial charge in [-0.15, -0.1) is 0 Å². The second-order valence-electron chi connectivity index (χ2n) is 7.39. The van der Waals surface area contributed by atoms with Gasteiger partial charge in [0.25, 0.3) is 0 Å². The van der Waals surface area contributed by atoms with Gasteiger partial charge in [0.1, 0.15) is 0 Å². The van der Waals surface area contributed by atoms with E-state index in [1.54, 1.807) is 0 Å². The topological polar surface area (TPSA) is 32.7 Å². The number of nitrogens with zero attached hydrogens (tertiary/aromatic N) is 1. The van der Waals surface area contributed by atoms with Crippen LogP contribution in [0.25, 0.3) is 0 Å². The molecule has 2 saturated heterocycles. The van der Waals surface area contributed by atoms with E-state index in [-0.39, 0.29) is 12.0 Å². The van der Waals surface area contributed by atoms with Gasteiger partial charge in [-0.3, -0.25) is 0 Å². The quantitative estimate of drug-likeness (QED) is 0.877. The number of ether oxygens (including phenoxy) is 1. The van der Waals surface area contributed by atoms with Crippen LogP contribution in [0.3, 0.4) is 0 Å². The summed E-state index contributed by atoms with van der Waals surface area (Å²) in [5.74, 6) is 0.861. The summed E-state index contributed by atoms with van der Waals surface area (Å²) in [4.78, 5) is 2.53. The summed E-state index contributed by atoms with van der Waals surface area (Å²) in [5, 5.41) is 9.54. The van der Waals surface area contributed by atoms with Crippen molar-refractivity contribution in [3.05, 3.63) is 35.4 Å². The minimum Gasteiger partial charge on any atom is -0.396 e. The number of hydrogen-bond donors (Lipinski definition) is 1. The van der Waals surface area contributed by atoms with Crippen molar-refractivity contribution in [2.75, 3.05) is 39.5 Å². The van der Waals surface area contributed by atoms with Crippen LogP contribution >= 0.6 is 0 Å². The van der Waals surface area contributed by atoms with E-state index in [2.05, 4.69) is 36.1 Å². The van der Waals surface area contributed by atoms with Crippen molar-refractivity contribution in [3.8, 4) is 0 Å². The monoisotopic (exact) mass is 303 g/mol. The lowest BCUT2D eigenvalue weighted by atomic mass is 9.84. The minimum absolute atomic E-state index is 0.0364. The van der Waals surface area contributed by atoms with Crippen LogP contribution in [0.5, 0.6) is 0 Å². The number of hydrogen-bond acceptors (Lipinski definition) is 3. The first kappa shape index (κ1) is 16.0. The molecule has 0 amide bonds. The molecule has 1 aromatic rings. The smallest absolute Gasteiger partial charge is 0.0579 e. The Morgan fingerprint density at radius 3 is 2.41 bits per heavy atom. The third-order valence-corrected chi connectivity index (χ3v) is 5.38. The first-order valence-electron chi connectivity index (χ1n) is 8.66. The van der Waals surface area contributed by atoms with Gasteiger partial charge in [-0.05, 0) is 57.2 Å². The summed E-state index contributed by atoms with van der Waals surface area (Å²) in [6.45, 7) is 7.24. The van der Waals surface area contributed by atoms with Gasteiger partial charge >= 0.3 is 0 Å². The van der Waals surface area contributed by atoms with Gasteiger partial charge in [-0.1, -0.05) is 29.8 Å². The number of aliphatic hydroxyl groups is 1. The van der Waals surface area contributed by atoms with Crippen LogP contribution < -0.4 is 0 Å². The Bertz CT molecular complexity index is 453. The summed E-state index contributed by atoms with van der Waals surface area (Å²) in [7, 11) is 0. The van der Waals surface area contributed by atoms with Crippen LogP contribution in [-0.2, 0) is 11.2 Å². The molecule has 2 fully saturated rings. The van der Waals surface area contributed by atoms with Gasteiger partial charge in [-0.2, -0.15) is 0 Å². The normalized spacial score (nSPS) is 22.5. The average molecular weight is 303 g/mol. The molecule has 2 heterocycles. The average Bonchev–Trinajstić information content (AvgIpc) is 2.52. The van der Waals surface area contributed by atoms with Crippen molar-refractivity contribution in [2.45, 2.75) is 32.6 Å². The molecule has 3 rings (SSSR count). The molecule has 1 aromatic carbocycles. The molecule has 0 atom stereocenters. The van der Waals surface area contributed by atoms with Gasteiger partial charge in [0, 0.05) is 6.54 Å². The fourth-order valence-corrected chi connectivity index (χ4v) is 3.66. The molecule has 2 aliphatic rings. The standard InChI is InChI=1S/C19H29NO2/c1-16-2-4-17(5-3-16)6-7-18-8-10-20(11-9-18)12-19(13-21)14-22-15-19/h2-5,18,21H,6-15H2,1H3. The zero-order valence-corrected chi connectivity index (χ0v) is 13.8. The lowest BCUT2D eigenvalue weighted by Gasteiger charge is -2.45. The van der Waals surface area contributed by atoms with Gasteiger partial charge in [0.05, 0.1) is 25.2 Å². The Kier molecular flexibility index (Phi) is 5.17. The Morgan fingerprint density at radius 2 is 1.86 bits per heavy atom. The molecule has 3 nitrogen and oxygen atoms in total. The number of piperidine rings is 1. The molecule has 0 unspecified atom stereocenters. The second kappa shape index (κ2) is 7.12. The van der Waals surface area contributed by atoms with Crippen molar-refractivity contribution in [1.29, 1.82) is 0 Å². The fraction of sp³-hybridized carbons (Fsp3) is 0.684. The second-order valence-corrected chi connectivity index (χ2v) is 7.39. The molecule has 0 saturated carbocycles. The van der Waals surface area contributed by atoms with Crippen molar-refractivity contribution < 1.29 is 9.84 Å². The zero-order valence-electron chi connectivity index (χ0n) is 13.8. The number of aryl methyl sites for hydroxylation is 2. The number of likely N-dealkylation sites (tertiary alicyclic amines) is 1. The van der Waals surface area contributed by atoms with E-state index >= 15 is 0 Å². The zero-order chi connectivity index (χ0) is 15.4. The van der Waals surface area contributed by atoms with Gasteiger partial charge in [0.15, 0.2) is 0 Å². The van der Waals surface area contributed by atoms with Crippen LogP contribution in [0.2, 0.25) is 0 Å². The number of aliphatic hydroxyl groups excluding tert-OH is 1. The molecular formula is C19H29NO2. The summed E-state index contributed by atoms with van der Waals surface area (Å²) in [5.41, 5.74) is 2.85. The predicted molar refractivity (Wildman–Crippen MR) is 89.0 cm³/mol. The van der Waals surface area contributed by atoms with Crippen molar-refractivity contribution >= 4 is 0 Å². The van der Waals surface area contributed by atoms with Crippen LogP contribution in [-0.4, -0.2) is 49.5 Å². The molecule has 3 heteroatoms. The van der Waals surface area contributed by atoms with Gasteiger partial charge in [-0.25, -0.2) is 0 Å². The van der Waals surface area contributed by atoms with E-state index in [0.717, 1.165) is 25.7 Å². The Morgan fingerprint density at radius 1 is 1.18 bits per heavy atom. The van der Waals surface area contributed by atoms with E-state index in [0.29, 0.717) is 0 Å². The van der Waals surface area contributed by atoms with Crippen LogP contribution in [0, 0.1) is 18.3 Å². The lowest BCUT2D eigenvalue weighted by molar-refractivity contribution is -0.150. The number of rotatable bonds is 6. The maximum atomic E-state index is 9.54. The van der Waals surface area contributed by atoms with E-state index < -0.39 is 0 Å². The summed E-state index contributed by atoms with van der Waals surface area (Å²) >= 11 is 0. The van der Waals surface area contributed by atoms with Gasteiger partial charge in [0.2, 0.25) is 0 Å². The first-order chi connectivity index (χ1) is 10.7. The summed E-state index contributed by atoms with van der Waals surface area (Å²) < 4.78 is 5.30. The third-order valence-electron chi connectivity index (χ3n) is 5.38. The highest BCUT2D eigenvalue weighted by molar-refractivity contribution is 5.21. The molecule has 0 aliphatic carbocycles. The maximum absolute atomic E-state index is 9.54. The number of benzene rings is 1. The first-order valence-corrected chi connectivity index (χ1v) is 8.66. The third kappa shape index (κ3) is 3.89. The highest BCUT2D eigenvalue weighted by Gasteiger charge is 2.40. The molecule has 122 valence electrons. The van der Waals surface area contributed by atoms with Gasteiger partial charge < -0.3 is 14.7 Å². The van der Waals surface area contributed by atoms with E-state index in [4.69, 9.17) is 4.74 Å². The van der Waals surface area contributed by atoms with Crippen LogP contribution in [0.1, 0.15) is 30.4 Å². The molecule has 22 heavy (non-hydrogen) atoms. The summed E-state index contributed by atoms with van der Waals surface area (Å²) in [6, 6.07) is 8.97. The fourth-order valence-electron chi connectivity index (χ4n) is 3.66. The maximum Gasteiger partial charge on any atom is 0.0579 e. The molecular weight excluding hydrogens is 274 g/mol. The highest BCUT2D eigenvalue weighted by Crippen LogP contribution is 2.30. The Labute approximate surface area is 134 Å². The molecule has 0 radical (unpaired) electrons. The largest absolute Gasteiger partial charge is 0.396 e. The van der Waals surface area contributed by atoms with E-state index in [9.17, 15) is 5.11 Å². The predicted octanol–water partition coefficient (Wildman–Crippen LogP) is 2.65. The van der Waals surface area contributed by atoms with Crippen molar-refractivity contribution in [3.63, 3.8) is 0 Å². The SMILES string of the molecule is Cc1ccc(CCC2CCN(CC3(CO)COC3)CC2)cc1. The molecule has 0 aromatic heterocycles. The molecule has 0 bridgehead atoms. The Hall–Kier alpha value is -0.900. The molecule has 2 aliphatic heterocycles. The van der Waals surface area contributed by atoms with E-state index in [1.807, 2.05) is 0 Å².